The summed E-state index contributed by atoms with van der Waals surface area (Å²) in [5.41, 5.74) is -1.14. The Morgan fingerprint density at radius 2 is 2.22 bits per heavy atom. The van der Waals surface area contributed by atoms with Gasteiger partial charge in [-0.25, -0.2) is 0 Å². The molecule has 0 rings (SSSR count). The number of nitro groups is 1. The molecule has 4 nitrogen and oxygen atoms in total. The van der Waals surface area contributed by atoms with Crippen molar-refractivity contribution in [2.24, 2.45) is 0 Å². The van der Waals surface area contributed by atoms with Gasteiger partial charge in [0.1, 0.15) is 6.61 Å². The third-order valence-electron chi connectivity index (χ3n) is 1.54. The number of aliphatic hydroxyl groups is 1. The molecule has 0 saturated heterocycles. The molecule has 0 amide bonds. The molecule has 0 aliphatic carbocycles. The monoisotopic (exact) mass is 133 g/mol. The Labute approximate surface area is 53.6 Å². The van der Waals surface area contributed by atoms with Crippen LogP contribution in [0.5, 0.6) is 0 Å². The van der Waals surface area contributed by atoms with E-state index in [9.17, 15) is 10.1 Å². The minimum Gasteiger partial charge on any atom is -0.389 e. The van der Waals surface area contributed by atoms with Crippen LogP contribution in [0.4, 0.5) is 0 Å². The number of hydrogen-bond acceptors (Lipinski definition) is 3. The molecule has 0 aliphatic heterocycles. The number of hydrogen-bond donors (Lipinski definition) is 1. The first-order chi connectivity index (χ1) is 4.06. The number of rotatable bonds is 3. The Morgan fingerprint density at radius 3 is 2.22 bits per heavy atom. The number of aliphatic hydroxyl groups excluding tert-OH is 1. The summed E-state index contributed by atoms with van der Waals surface area (Å²) in [6.07, 6.45) is 0.358. The minimum absolute atomic E-state index is 0.358. The maximum absolute atomic E-state index is 10.1. The quantitative estimate of drug-likeness (QED) is 0.448. The summed E-state index contributed by atoms with van der Waals surface area (Å²) in [4.78, 5) is 9.68. The van der Waals surface area contributed by atoms with E-state index < -0.39 is 17.1 Å². The Kier molecular flexibility index (Phi) is 2.58. The van der Waals surface area contributed by atoms with Crippen molar-refractivity contribution in [2.45, 2.75) is 25.8 Å². The molecule has 0 saturated carbocycles. The predicted molar refractivity (Wildman–Crippen MR) is 32.8 cm³/mol. The normalized spacial score (nSPS) is 16.8. The molecule has 0 aliphatic rings. The van der Waals surface area contributed by atoms with Gasteiger partial charge in [0.2, 0.25) is 5.54 Å². The molecule has 54 valence electrons. The predicted octanol–water partition coefficient (Wildman–Crippen LogP) is 0.424. The Hall–Kier alpha value is -0.640. The lowest BCUT2D eigenvalue weighted by atomic mass is 10.0. The second-order valence-corrected chi connectivity index (χ2v) is 2.27. The molecule has 0 heterocycles. The molecule has 0 unspecified atom stereocenters. The van der Waals surface area contributed by atoms with E-state index in [1.54, 1.807) is 6.92 Å². The maximum atomic E-state index is 10.1. The lowest BCUT2D eigenvalue weighted by molar-refractivity contribution is -0.569. The fourth-order valence-electron chi connectivity index (χ4n) is 0.299. The zero-order valence-electron chi connectivity index (χ0n) is 5.63. The molecular weight excluding hydrogens is 122 g/mol. The van der Waals surface area contributed by atoms with Gasteiger partial charge in [0.15, 0.2) is 0 Å². The fourth-order valence-corrected chi connectivity index (χ4v) is 0.299. The first-order valence-electron chi connectivity index (χ1n) is 2.82. The van der Waals surface area contributed by atoms with Crippen LogP contribution in [-0.4, -0.2) is 22.2 Å². The Balaban J connectivity index is 4.09. The molecular formula is C5H11NO3. The van der Waals surface area contributed by atoms with Crippen molar-refractivity contribution in [3.05, 3.63) is 10.1 Å². The average Bonchev–Trinajstić information content (AvgIpc) is 1.86. The van der Waals surface area contributed by atoms with E-state index in [0.29, 0.717) is 6.42 Å². The van der Waals surface area contributed by atoms with Gasteiger partial charge in [-0.3, -0.25) is 10.1 Å². The SMILES string of the molecule is CC[C@@](C)(CO)[N+](=O)[O-]. The zero-order valence-corrected chi connectivity index (χ0v) is 5.63. The topological polar surface area (TPSA) is 63.4 Å². The second kappa shape index (κ2) is 2.77. The standard InChI is InChI=1S/C5H11NO3/c1-3-5(2,4-7)6(8)9/h7H,3-4H2,1-2H3/t5-/m0/s1. The molecule has 4 heteroatoms. The molecule has 1 N–H and O–H groups in total. The van der Waals surface area contributed by atoms with Crippen LogP contribution in [0.15, 0.2) is 0 Å². The zero-order chi connectivity index (χ0) is 7.49. The molecule has 1 atom stereocenters. The van der Waals surface area contributed by atoms with E-state index in [0.717, 1.165) is 0 Å². The van der Waals surface area contributed by atoms with Crippen molar-refractivity contribution in [1.29, 1.82) is 0 Å². The Morgan fingerprint density at radius 1 is 1.78 bits per heavy atom. The molecule has 9 heavy (non-hydrogen) atoms. The summed E-state index contributed by atoms with van der Waals surface area (Å²) in [6.45, 7) is 2.71. The highest BCUT2D eigenvalue weighted by atomic mass is 16.6. The average molecular weight is 133 g/mol. The van der Waals surface area contributed by atoms with Crippen molar-refractivity contribution in [1.82, 2.24) is 0 Å². The first-order valence-corrected chi connectivity index (χ1v) is 2.82. The summed E-state index contributed by atoms with van der Waals surface area (Å²) in [6, 6.07) is 0. The summed E-state index contributed by atoms with van der Waals surface area (Å²) in [7, 11) is 0. The van der Waals surface area contributed by atoms with E-state index >= 15 is 0 Å². The lowest BCUT2D eigenvalue weighted by Crippen LogP contribution is -2.37. The third kappa shape index (κ3) is 1.64. The van der Waals surface area contributed by atoms with Crippen LogP contribution < -0.4 is 0 Å². The van der Waals surface area contributed by atoms with Gasteiger partial charge in [-0.05, 0) is 0 Å². The van der Waals surface area contributed by atoms with Gasteiger partial charge in [0.05, 0.1) is 0 Å². The van der Waals surface area contributed by atoms with Crippen molar-refractivity contribution in [3.8, 4) is 0 Å². The van der Waals surface area contributed by atoms with Crippen LogP contribution in [0.1, 0.15) is 20.3 Å². The number of nitrogens with zero attached hydrogens (tertiary/aromatic N) is 1. The van der Waals surface area contributed by atoms with Gasteiger partial charge >= 0.3 is 0 Å². The van der Waals surface area contributed by atoms with Crippen LogP contribution in [0.25, 0.3) is 0 Å². The lowest BCUT2D eigenvalue weighted by Gasteiger charge is -2.14. The van der Waals surface area contributed by atoms with Crippen molar-refractivity contribution < 1.29 is 10.0 Å². The van der Waals surface area contributed by atoms with E-state index in [1.807, 2.05) is 0 Å². The van der Waals surface area contributed by atoms with Gasteiger partial charge in [-0.15, -0.1) is 0 Å². The van der Waals surface area contributed by atoms with Crippen LogP contribution in [0, 0.1) is 10.1 Å². The van der Waals surface area contributed by atoms with Crippen LogP contribution >= 0.6 is 0 Å². The first kappa shape index (κ1) is 8.36. The molecule has 0 radical (unpaired) electrons. The molecule has 0 aromatic rings. The highest BCUT2D eigenvalue weighted by Gasteiger charge is 2.33. The van der Waals surface area contributed by atoms with Crippen molar-refractivity contribution in [3.63, 3.8) is 0 Å². The van der Waals surface area contributed by atoms with E-state index in [4.69, 9.17) is 5.11 Å². The third-order valence-corrected chi connectivity index (χ3v) is 1.54. The summed E-state index contributed by atoms with van der Waals surface area (Å²) in [5.74, 6) is 0. The summed E-state index contributed by atoms with van der Waals surface area (Å²) in [5, 5.41) is 18.6. The van der Waals surface area contributed by atoms with E-state index in [-0.39, 0.29) is 0 Å². The van der Waals surface area contributed by atoms with Crippen LogP contribution in [0.2, 0.25) is 0 Å². The smallest absolute Gasteiger partial charge is 0.241 e. The molecule has 0 spiro atoms. The van der Waals surface area contributed by atoms with Gasteiger partial charge in [-0.2, -0.15) is 0 Å². The summed E-state index contributed by atoms with van der Waals surface area (Å²) >= 11 is 0. The van der Waals surface area contributed by atoms with Crippen LogP contribution in [0.3, 0.4) is 0 Å². The Bertz CT molecular complexity index is 109. The van der Waals surface area contributed by atoms with Crippen molar-refractivity contribution in [2.75, 3.05) is 6.61 Å². The molecule has 0 aromatic heterocycles. The molecule has 0 aromatic carbocycles. The second-order valence-electron chi connectivity index (χ2n) is 2.27. The maximum Gasteiger partial charge on any atom is 0.241 e. The summed E-state index contributed by atoms with van der Waals surface area (Å²) < 4.78 is 0. The van der Waals surface area contributed by atoms with E-state index in [1.165, 1.54) is 6.92 Å². The van der Waals surface area contributed by atoms with Gasteiger partial charge < -0.3 is 5.11 Å². The van der Waals surface area contributed by atoms with Crippen LogP contribution in [-0.2, 0) is 0 Å². The highest BCUT2D eigenvalue weighted by Crippen LogP contribution is 2.11. The minimum atomic E-state index is -1.14. The molecule has 0 fully saturated rings. The van der Waals surface area contributed by atoms with Gasteiger partial charge in [0, 0.05) is 18.3 Å². The largest absolute Gasteiger partial charge is 0.389 e. The highest BCUT2D eigenvalue weighted by molar-refractivity contribution is 4.68. The molecule has 0 bridgehead atoms. The fraction of sp³-hybridized carbons (Fsp3) is 1.00. The van der Waals surface area contributed by atoms with Gasteiger partial charge in [0.25, 0.3) is 0 Å². The van der Waals surface area contributed by atoms with Crippen molar-refractivity contribution >= 4 is 0 Å². The van der Waals surface area contributed by atoms with Gasteiger partial charge in [-0.1, -0.05) is 6.92 Å². The van der Waals surface area contributed by atoms with E-state index in [2.05, 4.69) is 0 Å².